The average Bonchev–Trinajstić information content (AvgIpc) is 3.21. The Labute approximate surface area is 170 Å². The Balaban J connectivity index is 1.50. The molecule has 1 saturated heterocycles. The van der Waals surface area contributed by atoms with Crippen molar-refractivity contribution in [2.24, 2.45) is 0 Å². The number of anilines is 1. The lowest BCUT2D eigenvalue weighted by Crippen LogP contribution is -2.46. The van der Waals surface area contributed by atoms with E-state index in [0.717, 1.165) is 5.56 Å². The van der Waals surface area contributed by atoms with Crippen LogP contribution in [0.2, 0.25) is 0 Å². The first-order chi connectivity index (χ1) is 14.4. The topological polar surface area (TPSA) is 79.4 Å². The van der Waals surface area contributed by atoms with Gasteiger partial charge in [0.1, 0.15) is 17.0 Å². The normalized spacial score (nSPS) is 15.6. The molecule has 0 unspecified atom stereocenters. The first-order valence-electron chi connectivity index (χ1n) is 9.35. The number of piperazine rings is 1. The SMILES string of the molecule is COc1cc(CN2CCN(c3nc(C(F)(F)F)nc4nc[nH]c34)CC2)cc(OC)c1. The molecule has 30 heavy (non-hydrogen) atoms. The minimum absolute atomic E-state index is 0.0123. The van der Waals surface area contributed by atoms with Crippen molar-refractivity contribution >= 4 is 17.0 Å². The van der Waals surface area contributed by atoms with Crippen molar-refractivity contribution in [2.75, 3.05) is 45.3 Å². The fourth-order valence-electron chi connectivity index (χ4n) is 3.51. The van der Waals surface area contributed by atoms with Gasteiger partial charge in [-0.05, 0) is 17.7 Å². The van der Waals surface area contributed by atoms with E-state index >= 15 is 0 Å². The Morgan fingerprint density at radius 1 is 1.00 bits per heavy atom. The average molecular weight is 422 g/mol. The van der Waals surface area contributed by atoms with Gasteiger partial charge in [0.2, 0.25) is 5.82 Å². The molecule has 4 rings (SSSR count). The number of aromatic nitrogens is 4. The number of rotatable bonds is 5. The Kier molecular flexibility index (Phi) is 5.37. The van der Waals surface area contributed by atoms with E-state index in [4.69, 9.17) is 9.47 Å². The van der Waals surface area contributed by atoms with Crippen molar-refractivity contribution in [3.63, 3.8) is 0 Å². The Hall–Kier alpha value is -3.08. The molecule has 11 heteroatoms. The van der Waals surface area contributed by atoms with Crippen LogP contribution >= 0.6 is 0 Å². The van der Waals surface area contributed by atoms with Gasteiger partial charge in [-0.2, -0.15) is 13.2 Å². The van der Waals surface area contributed by atoms with Gasteiger partial charge in [0.05, 0.1) is 20.5 Å². The Bertz CT molecular complexity index is 1010. The number of H-pyrrole nitrogens is 1. The minimum atomic E-state index is -4.63. The summed E-state index contributed by atoms with van der Waals surface area (Å²) < 4.78 is 50.2. The molecule has 160 valence electrons. The van der Waals surface area contributed by atoms with Crippen LogP contribution in [0.25, 0.3) is 11.2 Å². The van der Waals surface area contributed by atoms with Crippen LogP contribution in [0.5, 0.6) is 11.5 Å². The summed E-state index contributed by atoms with van der Waals surface area (Å²) in [5.74, 6) is 0.478. The number of methoxy groups -OCH3 is 2. The van der Waals surface area contributed by atoms with Crippen molar-refractivity contribution in [1.82, 2.24) is 24.8 Å². The molecule has 0 bridgehead atoms. The largest absolute Gasteiger partial charge is 0.497 e. The van der Waals surface area contributed by atoms with Gasteiger partial charge in [-0.1, -0.05) is 0 Å². The monoisotopic (exact) mass is 422 g/mol. The summed E-state index contributed by atoms with van der Waals surface area (Å²) in [6.45, 7) is 3.08. The number of nitrogens with zero attached hydrogens (tertiary/aromatic N) is 5. The van der Waals surface area contributed by atoms with Crippen molar-refractivity contribution < 1.29 is 22.6 Å². The lowest BCUT2D eigenvalue weighted by atomic mass is 10.1. The molecule has 1 aliphatic rings. The van der Waals surface area contributed by atoms with Crippen LogP contribution in [0.4, 0.5) is 19.0 Å². The molecule has 1 N–H and O–H groups in total. The number of ether oxygens (including phenoxy) is 2. The van der Waals surface area contributed by atoms with Crippen LogP contribution in [0.15, 0.2) is 24.5 Å². The molecule has 0 radical (unpaired) electrons. The minimum Gasteiger partial charge on any atom is -0.497 e. The predicted octanol–water partition coefficient (Wildman–Crippen LogP) is 2.71. The van der Waals surface area contributed by atoms with Crippen molar-refractivity contribution in [2.45, 2.75) is 12.7 Å². The molecule has 1 aliphatic heterocycles. The second-order valence-corrected chi connectivity index (χ2v) is 6.95. The van der Waals surface area contributed by atoms with Gasteiger partial charge in [0, 0.05) is 38.8 Å². The maximum Gasteiger partial charge on any atom is 0.451 e. The van der Waals surface area contributed by atoms with E-state index in [0.29, 0.717) is 49.7 Å². The summed E-state index contributed by atoms with van der Waals surface area (Å²) in [6.07, 6.45) is -3.30. The lowest BCUT2D eigenvalue weighted by molar-refractivity contribution is -0.144. The molecular formula is C19H21F3N6O2. The first-order valence-corrected chi connectivity index (χ1v) is 9.35. The molecule has 0 atom stereocenters. The Morgan fingerprint density at radius 2 is 1.67 bits per heavy atom. The number of alkyl halides is 3. The first kappa shape index (κ1) is 20.2. The highest BCUT2D eigenvalue weighted by Gasteiger charge is 2.36. The second-order valence-electron chi connectivity index (χ2n) is 6.95. The summed E-state index contributed by atoms with van der Waals surface area (Å²) in [5.41, 5.74) is 1.46. The predicted molar refractivity (Wildman–Crippen MR) is 104 cm³/mol. The van der Waals surface area contributed by atoms with E-state index in [9.17, 15) is 13.2 Å². The van der Waals surface area contributed by atoms with Crippen LogP contribution in [0.3, 0.4) is 0 Å². The van der Waals surface area contributed by atoms with Gasteiger partial charge in [-0.25, -0.2) is 15.0 Å². The molecule has 1 aromatic carbocycles. The van der Waals surface area contributed by atoms with Crippen molar-refractivity contribution in [1.29, 1.82) is 0 Å². The zero-order chi connectivity index (χ0) is 21.3. The van der Waals surface area contributed by atoms with Crippen molar-refractivity contribution in [3.8, 4) is 11.5 Å². The zero-order valence-corrected chi connectivity index (χ0v) is 16.5. The molecule has 2 aromatic heterocycles. The number of halogens is 3. The molecule has 8 nitrogen and oxygen atoms in total. The van der Waals surface area contributed by atoms with E-state index in [2.05, 4.69) is 24.8 Å². The summed E-state index contributed by atoms with van der Waals surface area (Å²) in [6, 6.07) is 5.70. The molecule has 1 fully saturated rings. The van der Waals surface area contributed by atoms with Crippen LogP contribution in [0.1, 0.15) is 11.4 Å². The van der Waals surface area contributed by atoms with Crippen LogP contribution in [-0.4, -0.2) is 65.2 Å². The number of aromatic amines is 1. The van der Waals surface area contributed by atoms with Gasteiger partial charge in [0.25, 0.3) is 0 Å². The summed E-state index contributed by atoms with van der Waals surface area (Å²) >= 11 is 0. The van der Waals surface area contributed by atoms with Crippen molar-refractivity contribution in [3.05, 3.63) is 35.9 Å². The highest BCUT2D eigenvalue weighted by molar-refractivity contribution is 5.83. The van der Waals surface area contributed by atoms with E-state index in [1.807, 2.05) is 23.1 Å². The van der Waals surface area contributed by atoms with Gasteiger partial charge in [-0.3, -0.25) is 4.90 Å². The van der Waals surface area contributed by atoms with Gasteiger partial charge in [0.15, 0.2) is 11.5 Å². The smallest absolute Gasteiger partial charge is 0.451 e. The number of hydrogen-bond donors (Lipinski definition) is 1. The molecule has 0 spiro atoms. The molecule has 3 heterocycles. The Morgan fingerprint density at radius 3 is 2.27 bits per heavy atom. The van der Waals surface area contributed by atoms with Crippen LogP contribution < -0.4 is 14.4 Å². The van der Waals surface area contributed by atoms with E-state index in [-0.39, 0.29) is 11.5 Å². The maximum atomic E-state index is 13.2. The van der Waals surface area contributed by atoms with Gasteiger partial charge < -0.3 is 19.4 Å². The highest BCUT2D eigenvalue weighted by Crippen LogP contribution is 2.31. The fourth-order valence-corrected chi connectivity index (χ4v) is 3.51. The summed E-state index contributed by atoms with van der Waals surface area (Å²) in [4.78, 5) is 18.1. The van der Waals surface area contributed by atoms with Crippen LogP contribution in [-0.2, 0) is 12.7 Å². The highest BCUT2D eigenvalue weighted by atomic mass is 19.4. The van der Waals surface area contributed by atoms with Gasteiger partial charge in [-0.15, -0.1) is 0 Å². The molecule has 0 amide bonds. The van der Waals surface area contributed by atoms with Crippen LogP contribution in [0, 0.1) is 0 Å². The van der Waals surface area contributed by atoms with E-state index in [1.165, 1.54) is 6.33 Å². The third kappa shape index (κ3) is 4.11. The van der Waals surface area contributed by atoms with Gasteiger partial charge >= 0.3 is 6.18 Å². The zero-order valence-electron chi connectivity index (χ0n) is 16.5. The third-order valence-corrected chi connectivity index (χ3v) is 5.01. The quantitative estimate of drug-likeness (QED) is 0.677. The molecule has 3 aromatic rings. The number of fused-ring (bicyclic) bond motifs is 1. The fraction of sp³-hybridized carbons (Fsp3) is 0.421. The maximum absolute atomic E-state index is 13.2. The number of imidazole rings is 1. The second kappa shape index (κ2) is 7.98. The third-order valence-electron chi connectivity index (χ3n) is 5.01. The summed E-state index contributed by atoms with van der Waals surface area (Å²) in [5, 5.41) is 0. The lowest BCUT2D eigenvalue weighted by Gasteiger charge is -2.35. The standard InChI is InChI=1S/C19H21F3N6O2/c1-29-13-7-12(8-14(9-13)30-2)10-27-3-5-28(6-4-27)17-15-16(24-11-23-15)25-18(26-17)19(20,21)22/h7-9,11H,3-6,10H2,1-2H3,(H,23,24,25,26). The number of hydrogen-bond acceptors (Lipinski definition) is 7. The van der Waals surface area contributed by atoms with E-state index in [1.54, 1.807) is 14.2 Å². The molecular weight excluding hydrogens is 401 g/mol. The van der Waals surface area contributed by atoms with E-state index < -0.39 is 12.0 Å². The number of benzene rings is 1. The molecule has 0 saturated carbocycles. The number of nitrogens with one attached hydrogen (secondary N) is 1. The summed E-state index contributed by atoms with van der Waals surface area (Å²) in [7, 11) is 3.20. The molecule has 0 aliphatic carbocycles.